The summed E-state index contributed by atoms with van der Waals surface area (Å²) in [4.78, 5) is 28.2. The summed E-state index contributed by atoms with van der Waals surface area (Å²) in [5, 5.41) is 8.74. The molecule has 3 aromatic carbocycles. The number of carbonyl (C=O) groups is 2. The van der Waals surface area contributed by atoms with E-state index in [1.807, 2.05) is 56.3 Å². The van der Waals surface area contributed by atoms with Crippen molar-refractivity contribution in [2.75, 3.05) is 36.8 Å². The highest BCUT2D eigenvalue weighted by atomic mass is 16.5. The lowest BCUT2D eigenvalue weighted by Crippen LogP contribution is -2.33. The number of ether oxygens (including phenoxy) is 1. The molecule has 0 aromatic heterocycles. The van der Waals surface area contributed by atoms with Crippen molar-refractivity contribution < 1.29 is 14.3 Å². The molecule has 0 aliphatic carbocycles. The Hall–Kier alpha value is -3.84. The minimum absolute atomic E-state index is 0.186. The zero-order valence-corrected chi connectivity index (χ0v) is 22.8. The lowest BCUT2D eigenvalue weighted by atomic mass is 10.0. The fraction of sp³-hybridized carbons (Fsp3) is 0.355. The predicted octanol–water partition coefficient (Wildman–Crippen LogP) is 6.69. The fourth-order valence-corrected chi connectivity index (χ4v) is 4.43. The van der Waals surface area contributed by atoms with Gasteiger partial charge in [-0.25, -0.2) is 4.79 Å². The normalized spacial score (nSPS) is 13.4. The molecule has 1 saturated heterocycles. The minimum atomic E-state index is -0.418. The van der Waals surface area contributed by atoms with Crippen LogP contribution in [-0.2, 0) is 0 Å². The first-order valence-electron chi connectivity index (χ1n) is 13.4. The Kier molecular flexibility index (Phi) is 9.02. The van der Waals surface area contributed by atoms with E-state index in [9.17, 15) is 9.59 Å². The highest BCUT2D eigenvalue weighted by Gasteiger charge is 2.16. The Labute approximate surface area is 225 Å². The molecule has 4 rings (SSSR count). The van der Waals surface area contributed by atoms with E-state index in [2.05, 4.69) is 34.7 Å². The molecule has 3 amide bonds. The number of hydrogen-bond acceptors (Lipinski definition) is 4. The SMILES string of the molecule is Cc1ccc(Oc2ccc(C(=O)NCCN3CCCC3)cc2NC(=O)Nc2ccc(C(C)C)cc2)cc1C. The largest absolute Gasteiger partial charge is 0.455 e. The van der Waals surface area contributed by atoms with Crippen LogP contribution in [0.5, 0.6) is 11.5 Å². The quantitative estimate of drug-likeness (QED) is 0.297. The third-order valence-corrected chi connectivity index (χ3v) is 6.94. The molecule has 3 N–H and O–H groups in total. The molecule has 1 aliphatic rings. The third kappa shape index (κ3) is 7.35. The van der Waals surface area contributed by atoms with Crippen molar-refractivity contribution >= 4 is 23.3 Å². The van der Waals surface area contributed by atoms with E-state index in [0.29, 0.717) is 40.9 Å². The number of anilines is 2. The van der Waals surface area contributed by atoms with Crippen LogP contribution in [-0.4, -0.2) is 43.0 Å². The van der Waals surface area contributed by atoms with E-state index in [4.69, 9.17) is 4.74 Å². The van der Waals surface area contributed by atoms with E-state index >= 15 is 0 Å². The van der Waals surface area contributed by atoms with Crippen molar-refractivity contribution in [3.05, 3.63) is 82.9 Å². The van der Waals surface area contributed by atoms with Crippen LogP contribution in [0.3, 0.4) is 0 Å². The highest BCUT2D eigenvalue weighted by Crippen LogP contribution is 2.32. The van der Waals surface area contributed by atoms with Crippen LogP contribution in [0.2, 0.25) is 0 Å². The van der Waals surface area contributed by atoms with E-state index in [-0.39, 0.29) is 5.91 Å². The van der Waals surface area contributed by atoms with Crippen molar-refractivity contribution in [2.24, 2.45) is 0 Å². The molecule has 38 heavy (non-hydrogen) atoms. The summed E-state index contributed by atoms with van der Waals surface area (Å²) in [6, 6.07) is 18.3. The molecule has 0 spiro atoms. The van der Waals surface area contributed by atoms with Crippen molar-refractivity contribution in [1.29, 1.82) is 0 Å². The maximum atomic E-state index is 12.9. The number of nitrogens with zero attached hydrogens (tertiary/aromatic N) is 1. The molecule has 0 unspecified atom stereocenters. The van der Waals surface area contributed by atoms with Crippen molar-refractivity contribution in [1.82, 2.24) is 10.2 Å². The summed E-state index contributed by atoms with van der Waals surface area (Å²) < 4.78 is 6.14. The van der Waals surface area contributed by atoms with Gasteiger partial charge >= 0.3 is 6.03 Å². The van der Waals surface area contributed by atoms with Gasteiger partial charge in [0.25, 0.3) is 5.91 Å². The number of likely N-dealkylation sites (tertiary alicyclic amines) is 1. The Morgan fingerprint density at radius 2 is 1.63 bits per heavy atom. The molecular formula is C31H38N4O3. The number of aryl methyl sites for hydroxylation is 2. The van der Waals surface area contributed by atoms with Gasteiger partial charge in [-0.05, 0) is 105 Å². The first-order valence-corrected chi connectivity index (χ1v) is 13.4. The van der Waals surface area contributed by atoms with Crippen LogP contribution in [0, 0.1) is 13.8 Å². The first kappa shape index (κ1) is 27.2. The molecule has 0 atom stereocenters. The van der Waals surface area contributed by atoms with Gasteiger partial charge in [-0.15, -0.1) is 0 Å². The molecule has 0 radical (unpaired) electrons. The summed E-state index contributed by atoms with van der Waals surface area (Å²) in [6.07, 6.45) is 2.43. The predicted molar refractivity (Wildman–Crippen MR) is 154 cm³/mol. The van der Waals surface area contributed by atoms with Gasteiger partial charge in [-0.1, -0.05) is 32.0 Å². The molecular weight excluding hydrogens is 476 g/mol. The minimum Gasteiger partial charge on any atom is -0.455 e. The molecule has 1 aliphatic heterocycles. The smallest absolute Gasteiger partial charge is 0.323 e. The van der Waals surface area contributed by atoms with Gasteiger partial charge in [-0.3, -0.25) is 4.79 Å². The van der Waals surface area contributed by atoms with Gasteiger partial charge in [0.2, 0.25) is 0 Å². The fourth-order valence-electron chi connectivity index (χ4n) is 4.43. The number of hydrogen-bond donors (Lipinski definition) is 3. The zero-order chi connectivity index (χ0) is 27.1. The molecule has 7 heteroatoms. The number of amides is 3. The lowest BCUT2D eigenvalue weighted by molar-refractivity contribution is 0.0949. The molecule has 7 nitrogen and oxygen atoms in total. The van der Waals surface area contributed by atoms with Gasteiger partial charge in [0.15, 0.2) is 5.75 Å². The topological polar surface area (TPSA) is 82.7 Å². The summed E-state index contributed by atoms with van der Waals surface area (Å²) >= 11 is 0. The Bertz CT molecular complexity index is 1260. The number of nitrogens with one attached hydrogen (secondary N) is 3. The maximum Gasteiger partial charge on any atom is 0.323 e. The van der Waals surface area contributed by atoms with Crippen LogP contribution in [0.1, 0.15) is 59.7 Å². The average molecular weight is 515 g/mol. The van der Waals surface area contributed by atoms with Crippen molar-refractivity contribution in [3.8, 4) is 11.5 Å². The van der Waals surface area contributed by atoms with Gasteiger partial charge in [-0.2, -0.15) is 0 Å². The van der Waals surface area contributed by atoms with E-state index in [1.165, 1.54) is 24.0 Å². The highest BCUT2D eigenvalue weighted by molar-refractivity contribution is 6.02. The van der Waals surface area contributed by atoms with Crippen molar-refractivity contribution in [3.63, 3.8) is 0 Å². The Morgan fingerprint density at radius 1 is 0.895 bits per heavy atom. The van der Waals surface area contributed by atoms with Gasteiger partial charge in [0.05, 0.1) is 5.69 Å². The lowest BCUT2D eigenvalue weighted by Gasteiger charge is -2.17. The van der Waals surface area contributed by atoms with Gasteiger partial charge in [0.1, 0.15) is 5.75 Å². The van der Waals surface area contributed by atoms with Crippen LogP contribution in [0.25, 0.3) is 0 Å². The molecule has 0 saturated carbocycles. The second-order valence-corrected chi connectivity index (χ2v) is 10.2. The summed E-state index contributed by atoms with van der Waals surface area (Å²) in [7, 11) is 0. The summed E-state index contributed by atoms with van der Waals surface area (Å²) in [5.41, 5.74) is 5.01. The van der Waals surface area contributed by atoms with Crippen LogP contribution in [0.15, 0.2) is 60.7 Å². The number of carbonyl (C=O) groups excluding carboxylic acids is 2. The molecule has 1 fully saturated rings. The van der Waals surface area contributed by atoms with Crippen LogP contribution in [0.4, 0.5) is 16.2 Å². The Morgan fingerprint density at radius 3 is 2.32 bits per heavy atom. The number of benzene rings is 3. The first-order chi connectivity index (χ1) is 18.3. The summed E-state index contributed by atoms with van der Waals surface area (Å²) in [5.74, 6) is 1.33. The number of urea groups is 1. The molecule has 200 valence electrons. The monoisotopic (exact) mass is 514 g/mol. The average Bonchev–Trinajstić information content (AvgIpc) is 3.41. The Balaban J connectivity index is 1.49. The maximum absolute atomic E-state index is 12.9. The second-order valence-electron chi connectivity index (χ2n) is 10.2. The van der Waals surface area contributed by atoms with Gasteiger partial charge in [0, 0.05) is 24.3 Å². The molecule has 1 heterocycles. The number of rotatable bonds is 9. The van der Waals surface area contributed by atoms with E-state index in [1.54, 1.807) is 18.2 Å². The van der Waals surface area contributed by atoms with Gasteiger partial charge < -0.3 is 25.6 Å². The zero-order valence-electron chi connectivity index (χ0n) is 22.8. The van der Waals surface area contributed by atoms with Crippen molar-refractivity contribution in [2.45, 2.75) is 46.5 Å². The van der Waals surface area contributed by atoms with Crippen LogP contribution >= 0.6 is 0 Å². The standard InChI is InChI=1S/C31H38N4O3/c1-21(2)24-8-11-26(12-9-24)33-31(37)34-28-20-25(30(36)32-15-18-35-16-5-6-17-35)10-14-29(28)38-27-13-7-22(3)23(4)19-27/h7-14,19-21H,5-6,15-18H2,1-4H3,(H,32,36)(H2,33,34,37). The third-order valence-electron chi connectivity index (χ3n) is 6.94. The summed E-state index contributed by atoms with van der Waals surface area (Å²) in [6.45, 7) is 11.9. The van der Waals surface area contributed by atoms with E-state index < -0.39 is 6.03 Å². The molecule has 0 bridgehead atoms. The second kappa shape index (κ2) is 12.6. The van der Waals surface area contributed by atoms with E-state index in [0.717, 1.165) is 25.2 Å². The van der Waals surface area contributed by atoms with Crippen LogP contribution < -0.4 is 20.7 Å². The molecule has 3 aromatic rings.